The molecule has 3 aromatic rings. The minimum atomic E-state index is -0.581. The van der Waals surface area contributed by atoms with Crippen LogP contribution < -0.4 is 5.32 Å². The molecular weight excluding hydrogens is 520 g/mol. The lowest BCUT2D eigenvalue weighted by atomic mass is 9.91. The van der Waals surface area contributed by atoms with Crippen molar-refractivity contribution in [2.75, 3.05) is 6.61 Å². The van der Waals surface area contributed by atoms with Gasteiger partial charge in [0.2, 0.25) is 5.91 Å². The summed E-state index contributed by atoms with van der Waals surface area (Å²) < 4.78 is 5.53. The second-order valence-corrected chi connectivity index (χ2v) is 9.89. The second kappa shape index (κ2) is 11.7. The molecule has 1 N–H and O–H groups in total. The van der Waals surface area contributed by atoms with Gasteiger partial charge in [-0.15, -0.1) is 0 Å². The molecule has 0 spiro atoms. The van der Waals surface area contributed by atoms with Crippen molar-refractivity contribution in [3.05, 3.63) is 118 Å². The minimum Gasteiger partial charge on any atom is -0.463 e. The fraction of sp³-hybridized carbons (Fsp3) is 0.172. The maximum absolute atomic E-state index is 13.5. The van der Waals surface area contributed by atoms with Gasteiger partial charge in [-0.05, 0) is 41.7 Å². The van der Waals surface area contributed by atoms with Crippen molar-refractivity contribution in [1.82, 2.24) is 15.2 Å². The number of halogens is 1. The normalized spacial score (nSPS) is 16.5. The van der Waals surface area contributed by atoms with Crippen LogP contribution in [0.3, 0.4) is 0 Å². The summed E-state index contributed by atoms with van der Waals surface area (Å²) in [5, 5.41) is 6.09. The van der Waals surface area contributed by atoms with E-state index in [-0.39, 0.29) is 18.9 Å². The zero-order valence-electron chi connectivity index (χ0n) is 20.6. The number of hydrogen-bond acceptors (Lipinski definition) is 7. The van der Waals surface area contributed by atoms with Crippen LogP contribution in [-0.4, -0.2) is 33.5 Å². The van der Waals surface area contributed by atoms with E-state index in [0.717, 1.165) is 22.4 Å². The number of ether oxygens (including phenoxy) is 1. The molecular formula is C29H25ClN4O3S. The number of fused-ring (bicyclic) bond motifs is 1. The number of amides is 1. The zero-order chi connectivity index (χ0) is 26.5. The summed E-state index contributed by atoms with van der Waals surface area (Å²) in [7, 11) is 0. The highest BCUT2D eigenvalue weighted by atomic mass is 35.5. The van der Waals surface area contributed by atoms with Crippen molar-refractivity contribution >= 4 is 46.1 Å². The van der Waals surface area contributed by atoms with Gasteiger partial charge in [-0.3, -0.25) is 9.78 Å². The highest BCUT2D eigenvalue weighted by Gasteiger charge is 2.42. The third-order valence-electron chi connectivity index (χ3n) is 6.07. The number of nitrogens with zero attached hydrogens (tertiary/aromatic N) is 3. The van der Waals surface area contributed by atoms with Crippen molar-refractivity contribution in [2.24, 2.45) is 4.99 Å². The van der Waals surface area contributed by atoms with Crippen molar-refractivity contribution in [2.45, 2.75) is 25.9 Å². The van der Waals surface area contributed by atoms with Crippen LogP contribution in [0.4, 0.5) is 0 Å². The van der Waals surface area contributed by atoms with Gasteiger partial charge in [0.1, 0.15) is 0 Å². The predicted octanol–water partition coefficient (Wildman–Crippen LogP) is 5.72. The number of aliphatic imine (C=N–C) groups is 1. The van der Waals surface area contributed by atoms with E-state index in [2.05, 4.69) is 10.3 Å². The van der Waals surface area contributed by atoms with E-state index in [1.165, 1.54) is 11.8 Å². The molecule has 2 aromatic carbocycles. The molecule has 1 amide bonds. The van der Waals surface area contributed by atoms with Gasteiger partial charge in [-0.25, -0.2) is 9.79 Å². The summed E-state index contributed by atoms with van der Waals surface area (Å²) in [6.07, 6.45) is 3.52. The Hall–Kier alpha value is -3.88. The number of thioether (sulfide) groups is 1. The Balaban J connectivity index is 1.53. The fourth-order valence-corrected chi connectivity index (χ4v) is 5.53. The molecule has 0 radical (unpaired) electrons. The molecule has 38 heavy (non-hydrogen) atoms. The molecule has 1 unspecified atom stereocenters. The Labute approximate surface area is 230 Å². The molecule has 0 saturated carbocycles. The summed E-state index contributed by atoms with van der Waals surface area (Å²) in [5.74, 6) is -0.612. The number of aromatic nitrogens is 1. The average Bonchev–Trinajstić information content (AvgIpc) is 3.34. The number of carbonyl (C=O) groups excluding carboxylic acids is 2. The van der Waals surface area contributed by atoms with E-state index in [4.69, 9.17) is 21.3 Å². The van der Waals surface area contributed by atoms with Gasteiger partial charge < -0.3 is 15.0 Å². The second-order valence-electron chi connectivity index (χ2n) is 8.61. The first-order valence-corrected chi connectivity index (χ1v) is 13.4. The maximum atomic E-state index is 13.5. The lowest BCUT2D eigenvalue weighted by Gasteiger charge is -2.36. The summed E-state index contributed by atoms with van der Waals surface area (Å²) in [6.45, 7) is 2.37. The standard InChI is InChI=1S/C29H25ClN4O3S/c1-2-37-28(36)25-26(20-9-4-3-5-10-20)33-29-34(27(25)21-11-6-12-22(30)14-21)23(18-38-29)15-24(35)32-17-19-8-7-13-31-16-19/h3-14,16,18,27H,2,15,17H2,1H3,(H,32,35). The van der Waals surface area contributed by atoms with E-state index in [9.17, 15) is 9.59 Å². The van der Waals surface area contributed by atoms with E-state index >= 15 is 0 Å². The van der Waals surface area contributed by atoms with Gasteiger partial charge in [-0.1, -0.05) is 71.9 Å². The number of pyridine rings is 1. The Morgan fingerprint density at radius 1 is 1.11 bits per heavy atom. The Morgan fingerprint density at radius 2 is 1.95 bits per heavy atom. The molecule has 0 bridgehead atoms. The number of carbonyl (C=O) groups is 2. The molecule has 1 aromatic heterocycles. The van der Waals surface area contributed by atoms with Crippen LogP contribution in [0, 0.1) is 0 Å². The minimum absolute atomic E-state index is 0.111. The smallest absolute Gasteiger partial charge is 0.338 e. The van der Waals surface area contributed by atoms with Crippen LogP contribution in [0.15, 0.2) is 101 Å². The van der Waals surface area contributed by atoms with Crippen molar-refractivity contribution < 1.29 is 14.3 Å². The molecule has 9 heteroatoms. The Kier molecular flexibility index (Phi) is 7.91. The van der Waals surface area contributed by atoms with Gasteiger partial charge in [0.05, 0.1) is 30.3 Å². The monoisotopic (exact) mass is 544 g/mol. The first-order chi connectivity index (χ1) is 18.5. The molecule has 2 aliphatic rings. The van der Waals surface area contributed by atoms with Gasteiger partial charge >= 0.3 is 5.97 Å². The van der Waals surface area contributed by atoms with Crippen molar-refractivity contribution in [1.29, 1.82) is 0 Å². The topological polar surface area (TPSA) is 83.9 Å². The summed E-state index contributed by atoms with van der Waals surface area (Å²) in [5.41, 5.74) is 4.18. The SMILES string of the molecule is CCOC(=O)C1=C(c2ccccc2)N=C2SC=C(CC(=O)NCc3cccnc3)N2C1c1cccc(Cl)c1. The molecule has 5 rings (SSSR count). The molecule has 0 saturated heterocycles. The third kappa shape index (κ3) is 5.51. The first kappa shape index (κ1) is 25.8. The van der Waals surface area contributed by atoms with Gasteiger partial charge in [0, 0.05) is 35.2 Å². The molecule has 192 valence electrons. The summed E-state index contributed by atoms with van der Waals surface area (Å²) >= 11 is 7.82. The van der Waals surface area contributed by atoms with Crippen LogP contribution >= 0.6 is 23.4 Å². The number of esters is 1. The molecule has 0 aliphatic carbocycles. The van der Waals surface area contributed by atoms with Crippen LogP contribution in [0.1, 0.15) is 36.1 Å². The van der Waals surface area contributed by atoms with E-state index in [1.54, 1.807) is 25.4 Å². The molecule has 7 nitrogen and oxygen atoms in total. The zero-order valence-corrected chi connectivity index (χ0v) is 22.2. The number of amidine groups is 1. The van der Waals surface area contributed by atoms with Crippen molar-refractivity contribution in [3.63, 3.8) is 0 Å². The molecule has 1 atom stereocenters. The summed E-state index contributed by atoms with van der Waals surface area (Å²) in [6, 6.07) is 20.1. The van der Waals surface area contributed by atoms with Gasteiger partial charge in [0.25, 0.3) is 0 Å². The van der Waals surface area contributed by atoms with E-state index < -0.39 is 12.0 Å². The van der Waals surface area contributed by atoms with Gasteiger partial charge in [0.15, 0.2) is 5.17 Å². The van der Waals surface area contributed by atoms with Crippen LogP contribution in [0.2, 0.25) is 5.02 Å². The Bertz CT molecular complexity index is 1440. The van der Waals surface area contributed by atoms with Crippen molar-refractivity contribution in [3.8, 4) is 0 Å². The molecule has 2 aliphatic heterocycles. The van der Waals surface area contributed by atoms with Gasteiger partial charge in [-0.2, -0.15) is 0 Å². The molecule has 0 fully saturated rings. The average molecular weight is 545 g/mol. The number of hydrogen-bond donors (Lipinski definition) is 1. The van der Waals surface area contributed by atoms with E-state index in [1.807, 2.05) is 71.0 Å². The fourth-order valence-electron chi connectivity index (χ4n) is 4.41. The Morgan fingerprint density at radius 3 is 2.68 bits per heavy atom. The largest absolute Gasteiger partial charge is 0.463 e. The number of benzene rings is 2. The summed E-state index contributed by atoms with van der Waals surface area (Å²) in [4.78, 5) is 37.4. The molecule has 3 heterocycles. The first-order valence-electron chi connectivity index (χ1n) is 12.2. The predicted molar refractivity (Wildman–Crippen MR) is 150 cm³/mol. The third-order valence-corrected chi connectivity index (χ3v) is 7.20. The van der Waals surface area contributed by atoms with Crippen LogP contribution in [0.5, 0.6) is 0 Å². The maximum Gasteiger partial charge on any atom is 0.338 e. The van der Waals surface area contributed by atoms with Crippen LogP contribution in [-0.2, 0) is 20.9 Å². The lowest BCUT2D eigenvalue weighted by Crippen LogP contribution is -2.38. The van der Waals surface area contributed by atoms with E-state index in [0.29, 0.717) is 28.0 Å². The highest BCUT2D eigenvalue weighted by molar-refractivity contribution is 8.16. The highest BCUT2D eigenvalue weighted by Crippen LogP contribution is 2.47. The number of nitrogens with one attached hydrogen (secondary N) is 1. The quantitative estimate of drug-likeness (QED) is 0.365. The van der Waals surface area contributed by atoms with Crippen LogP contribution in [0.25, 0.3) is 5.70 Å². The lowest BCUT2D eigenvalue weighted by molar-refractivity contribution is -0.139. The number of rotatable bonds is 8.